The maximum atomic E-state index is 12.2. The van der Waals surface area contributed by atoms with E-state index in [9.17, 15) is 9.90 Å². The molecule has 5 rings (SSSR count). The molecule has 1 aromatic heterocycles. The van der Waals surface area contributed by atoms with Crippen molar-refractivity contribution in [2.45, 2.75) is 18.5 Å². The lowest BCUT2D eigenvalue weighted by atomic mass is 9.93. The van der Waals surface area contributed by atoms with Gasteiger partial charge in [0.1, 0.15) is 17.5 Å². The van der Waals surface area contributed by atoms with Crippen LogP contribution in [0.1, 0.15) is 22.7 Å². The number of H-pyrrole nitrogens is 1. The molecule has 5 nitrogen and oxygen atoms in total. The van der Waals surface area contributed by atoms with E-state index in [2.05, 4.69) is 10.3 Å². The van der Waals surface area contributed by atoms with Crippen molar-refractivity contribution in [2.24, 2.45) is 0 Å². The van der Waals surface area contributed by atoms with E-state index in [1.165, 1.54) is 0 Å². The summed E-state index contributed by atoms with van der Waals surface area (Å²) >= 11 is 0. The fraction of sp³-hybridized carbons (Fsp3) is 0.125. The Balaban J connectivity index is 1.51. The van der Waals surface area contributed by atoms with Gasteiger partial charge in [0, 0.05) is 34.6 Å². The molecule has 0 fully saturated rings. The van der Waals surface area contributed by atoms with Gasteiger partial charge in [0.15, 0.2) is 0 Å². The molecular weight excluding hydrogens is 364 g/mol. The first-order valence-corrected chi connectivity index (χ1v) is 9.60. The molecule has 0 amide bonds. The van der Waals surface area contributed by atoms with Gasteiger partial charge in [0.25, 0.3) is 0 Å². The average molecular weight is 384 g/mol. The second-order valence-corrected chi connectivity index (χ2v) is 7.23. The number of hydrogen-bond donors (Lipinski definition) is 3. The first-order chi connectivity index (χ1) is 14.2. The van der Waals surface area contributed by atoms with Gasteiger partial charge >= 0.3 is 5.97 Å². The van der Waals surface area contributed by atoms with Gasteiger partial charge in [0.05, 0.1) is 6.04 Å². The van der Waals surface area contributed by atoms with Crippen molar-refractivity contribution in [3.63, 3.8) is 0 Å². The summed E-state index contributed by atoms with van der Waals surface area (Å²) in [6.07, 6.45) is 2.27. The van der Waals surface area contributed by atoms with E-state index in [1.807, 2.05) is 79.0 Å². The van der Waals surface area contributed by atoms with E-state index < -0.39 is 12.0 Å². The molecule has 3 N–H and O–H groups in total. The third-order valence-corrected chi connectivity index (χ3v) is 5.44. The summed E-state index contributed by atoms with van der Waals surface area (Å²) in [5.74, 6) is 0.622. The topological polar surface area (TPSA) is 74.3 Å². The number of para-hydroxylation sites is 3. The number of carbonyl (C=O) groups is 1. The number of rotatable bonds is 5. The van der Waals surface area contributed by atoms with Gasteiger partial charge in [-0.15, -0.1) is 0 Å². The summed E-state index contributed by atoms with van der Waals surface area (Å²) in [6.45, 7) is 0. The molecule has 0 radical (unpaired) electrons. The Morgan fingerprint density at radius 3 is 2.28 bits per heavy atom. The lowest BCUT2D eigenvalue weighted by Gasteiger charge is -2.31. The minimum atomic E-state index is -0.878. The Bertz CT molecular complexity index is 1150. The van der Waals surface area contributed by atoms with Gasteiger partial charge in [-0.3, -0.25) is 10.1 Å². The quantitative estimate of drug-likeness (QED) is 0.468. The molecule has 0 aliphatic carbocycles. The van der Waals surface area contributed by atoms with E-state index >= 15 is 0 Å². The van der Waals surface area contributed by atoms with Crippen LogP contribution >= 0.6 is 0 Å². The molecule has 3 aromatic carbocycles. The Morgan fingerprint density at radius 2 is 1.59 bits per heavy atom. The van der Waals surface area contributed by atoms with Gasteiger partial charge < -0.3 is 14.8 Å². The highest BCUT2D eigenvalue weighted by atomic mass is 16.5. The summed E-state index contributed by atoms with van der Waals surface area (Å²) in [5, 5.41) is 14.4. The van der Waals surface area contributed by atoms with Crippen molar-refractivity contribution >= 4 is 16.9 Å². The van der Waals surface area contributed by atoms with Crippen molar-refractivity contribution in [1.29, 1.82) is 0 Å². The summed E-state index contributed by atoms with van der Waals surface area (Å²) in [5.41, 5.74) is 3.87. The summed E-state index contributed by atoms with van der Waals surface area (Å²) in [7, 11) is 0. The molecule has 1 atom stereocenters. The van der Waals surface area contributed by atoms with Gasteiger partial charge in [-0.05, 0) is 23.8 Å². The lowest BCUT2D eigenvalue weighted by Crippen LogP contribution is -2.42. The number of nitrogens with one attached hydrogen (secondary N) is 2. The first-order valence-electron chi connectivity index (χ1n) is 9.60. The maximum Gasteiger partial charge on any atom is 0.321 e. The van der Waals surface area contributed by atoms with Crippen LogP contribution in [0.2, 0.25) is 0 Å². The van der Waals surface area contributed by atoms with Crippen LogP contribution in [0.15, 0.2) is 79.0 Å². The number of aromatic nitrogens is 1. The SMILES string of the molecule is O=C(O)[C@H](Cc1c[nH]c2ccccc12)NC1c2ccccc2Oc2ccccc21. The highest BCUT2D eigenvalue weighted by molar-refractivity contribution is 5.84. The van der Waals surface area contributed by atoms with Crippen LogP contribution in [0.3, 0.4) is 0 Å². The van der Waals surface area contributed by atoms with Gasteiger partial charge in [-0.2, -0.15) is 0 Å². The van der Waals surface area contributed by atoms with Crippen molar-refractivity contribution in [3.8, 4) is 11.5 Å². The zero-order valence-electron chi connectivity index (χ0n) is 15.6. The summed E-state index contributed by atoms with van der Waals surface area (Å²) in [4.78, 5) is 15.4. The van der Waals surface area contributed by atoms with E-state index in [0.717, 1.165) is 39.1 Å². The largest absolute Gasteiger partial charge is 0.480 e. The standard InChI is InChI=1S/C24H20N2O3/c27-24(28)20(13-15-14-25-19-10-4-1-7-16(15)19)26-23-17-8-2-5-11-21(17)29-22-12-6-3-9-18(22)23/h1-12,14,20,23,25-26H,13H2,(H,27,28)/t20-/m0/s1. The Kier molecular flexibility index (Phi) is 4.30. The van der Waals surface area contributed by atoms with Crippen molar-refractivity contribution in [2.75, 3.05) is 0 Å². The summed E-state index contributed by atoms with van der Waals surface area (Å²) < 4.78 is 6.02. The fourth-order valence-electron chi connectivity index (χ4n) is 4.03. The third-order valence-electron chi connectivity index (χ3n) is 5.44. The molecule has 144 valence electrons. The molecule has 0 saturated heterocycles. The van der Waals surface area contributed by atoms with Crippen molar-refractivity contribution in [3.05, 3.63) is 95.7 Å². The van der Waals surface area contributed by atoms with Crippen molar-refractivity contribution in [1.82, 2.24) is 10.3 Å². The average Bonchev–Trinajstić information content (AvgIpc) is 3.15. The highest BCUT2D eigenvalue weighted by Crippen LogP contribution is 2.42. The minimum absolute atomic E-state index is 0.262. The van der Waals surface area contributed by atoms with Crippen LogP contribution in [-0.4, -0.2) is 22.1 Å². The number of fused-ring (bicyclic) bond motifs is 3. The van der Waals surface area contributed by atoms with Crippen LogP contribution in [0, 0.1) is 0 Å². The molecule has 0 bridgehead atoms. The number of carboxylic acids is 1. The number of benzene rings is 3. The second-order valence-electron chi connectivity index (χ2n) is 7.23. The highest BCUT2D eigenvalue weighted by Gasteiger charge is 2.31. The second kappa shape index (κ2) is 7.11. The smallest absolute Gasteiger partial charge is 0.321 e. The summed E-state index contributed by atoms with van der Waals surface area (Å²) in [6, 6.07) is 22.4. The molecular formula is C24H20N2O3. The number of ether oxygens (including phenoxy) is 1. The molecule has 0 saturated carbocycles. The zero-order valence-corrected chi connectivity index (χ0v) is 15.6. The van der Waals surface area contributed by atoms with Gasteiger partial charge in [0.2, 0.25) is 0 Å². The molecule has 29 heavy (non-hydrogen) atoms. The molecule has 0 spiro atoms. The minimum Gasteiger partial charge on any atom is -0.480 e. The van der Waals surface area contributed by atoms with Gasteiger partial charge in [-0.1, -0.05) is 54.6 Å². The number of aliphatic carboxylic acids is 1. The monoisotopic (exact) mass is 384 g/mol. The molecule has 0 unspecified atom stereocenters. The van der Waals surface area contributed by atoms with Gasteiger partial charge in [-0.25, -0.2) is 0 Å². The Hall–Kier alpha value is -3.57. The Labute approximate surface area is 168 Å². The molecule has 1 aliphatic rings. The Morgan fingerprint density at radius 1 is 0.966 bits per heavy atom. The van der Waals surface area contributed by atoms with Crippen LogP contribution in [0.4, 0.5) is 0 Å². The van der Waals surface area contributed by atoms with E-state index in [0.29, 0.717) is 6.42 Å². The van der Waals surface area contributed by atoms with E-state index in [4.69, 9.17) is 4.74 Å². The van der Waals surface area contributed by atoms with E-state index in [-0.39, 0.29) is 6.04 Å². The zero-order chi connectivity index (χ0) is 19.8. The lowest BCUT2D eigenvalue weighted by molar-refractivity contribution is -0.139. The van der Waals surface area contributed by atoms with Crippen LogP contribution in [0.25, 0.3) is 10.9 Å². The fourth-order valence-corrected chi connectivity index (χ4v) is 4.03. The number of aromatic amines is 1. The first kappa shape index (κ1) is 17.5. The number of carboxylic acid groups (broad SMARTS) is 1. The molecule has 5 heteroatoms. The van der Waals surface area contributed by atoms with Crippen LogP contribution < -0.4 is 10.1 Å². The van der Waals surface area contributed by atoms with Crippen LogP contribution in [0.5, 0.6) is 11.5 Å². The van der Waals surface area contributed by atoms with Crippen molar-refractivity contribution < 1.29 is 14.6 Å². The number of hydrogen-bond acceptors (Lipinski definition) is 3. The third kappa shape index (κ3) is 3.15. The predicted octanol–water partition coefficient (Wildman–Crippen LogP) is 4.65. The molecule has 1 aliphatic heterocycles. The molecule has 4 aromatic rings. The normalized spacial score (nSPS) is 14.1. The van der Waals surface area contributed by atoms with E-state index in [1.54, 1.807) is 0 Å². The maximum absolute atomic E-state index is 12.2. The predicted molar refractivity (Wildman–Crippen MR) is 111 cm³/mol. The van der Waals surface area contributed by atoms with Crippen LogP contribution in [-0.2, 0) is 11.2 Å². The molecule has 2 heterocycles.